The highest BCUT2D eigenvalue weighted by Gasteiger charge is 2.22. The second-order valence-corrected chi connectivity index (χ2v) is 5.77. The second-order valence-electron chi connectivity index (χ2n) is 4.43. The zero-order valence-electron chi connectivity index (χ0n) is 10.0. The van der Waals surface area contributed by atoms with Gasteiger partial charge in [0, 0.05) is 15.8 Å². The number of fused-ring (bicyclic) bond motifs is 1. The highest BCUT2D eigenvalue weighted by atomic mass is 32.2. The molecular weight excluding hydrogens is 242 g/mol. The molecule has 3 rings (SSSR count). The van der Waals surface area contributed by atoms with Gasteiger partial charge in [-0.15, -0.1) is 11.8 Å². The van der Waals surface area contributed by atoms with E-state index in [9.17, 15) is 0 Å². The molecule has 3 heteroatoms. The van der Waals surface area contributed by atoms with Crippen LogP contribution in [0.2, 0.25) is 0 Å². The Morgan fingerprint density at radius 2 is 1.89 bits per heavy atom. The molecule has 18 heavy (non-hydrogen) atoms. The summed E-state index contributed by atoms with van der Waals surface area (Å²) in [4.78, 5) is 1.39. The van der Waals surface area contributed by atoms with Crippen LogP contribution in [0, 0.1) is 0 Å². The van der Waals surface area contributed by atoms with E-state index in [0.717, 1.165) is 24.5 Å². The largest absolute Gasteiger partial charge is 0.492 e. The van der Waals surface area contributed by atoms with Crippen molar-refractivity contribution in [2.45, 2.75) is 16.6 Å². The number of anilines is 1. The van der Waals surface area contributed by atoms with Crippen LogP contribution in [-0.2, 0) is 6.42 Å². The number of nitrogens with two attached hydrogens (primary N) is 1. The van der Waals surface area contributed by atoms with Crippen LogP contribution >= 0.6 is 11.8 Å². The highest BCUT2D eigenvalue weighted by Crippen LogP contribution is 2.36. The molecule has 0 amide bonds. The molecule has 2 aromatic rings. The van der Waals surface area contributed by atoms with Crippen molar-refractivity contribution in [1.29, 1.82) is 0 Å². The Labute approximate surface area is 111 Å². The van der Waals surface area contributed by atoms with Crippen LogP contribution in [0.5, 0.6) is 5.75 Å². The van der Waals surface area contributed by atoms with Crippen LogP contribution < -0.4 is 10.5 Å². The molecule has 1 aliphatic heterocycles. The van der Waals surface area contributed by atoms with Crippen LogP contribution in [0.1, 0.15) is 5.56 Å². The number of ether oxygens (including phenoxy) is 1. The molecule has 1 aliphatic rings. The lowest BCUT2D eigenvalue weighted by Gasteiger charge is -2.10. The third-order valence-corrected chi connectivity index (χ3v) is 4.32. The topological polar surface area (TPSA) is 35.2 Å². The summed E-state index contributed by atoms with van der Waals surface area (Å²) in [5.74, 6) is 0.890. The van der Waals surface area contributed by atoms with Gasteiger partial charge in [-0.3, -0.25) is 0 Å². The van der Waals surface area contributed by atoms with E-state index in [-0.39, 0.29) is 0 Å². The fraction of sp³-hybridized carbons (Fsp3) is 0.200. The lowest BCUT2D eigenvalue weighted by atomic mass is 10.1. The smallest absolute Gasteiger partial charge is 0.119 e. The second kappa shape index (κ2) is 4.94. The Kier molecular flexibility index (Phi) is 3.15. The van der Waals surface area contributed by atoms with Crippen LogP contribution in [-0.4, -0.2) is 11.9 Å². The van der Waals surface area contributed by atoms with Gasteiger partial charge in [0.05, 0.1) is 0 Å². The Morgan fingerprint density at radius 3 is 2.67 bits per heavy atom. The average molecular weight is 257 g/mol. The minimum atomic E-state index is 0.514. The molecular formula is C15H15NOS. The van der Waals surface area contributed by atoms with Crippen molar-refractivity contribution in [1.82, 2.24) is 0 Å². The highest BCUT2D eigenvalue weighted by molar-refractivity contribution is 8.00. The summed E-state index contributed by atoms with van der Waals surface area (Å²) in [7, 11) is 0. The zero-order chi connectivity index (χ0) is 12.4. The lowest BCUT2D eigenvalue weighted by molar-refractivity contribution is 0.317. The van der Waals surface area contributed by atoms with Crippen molar-refractivity contribution in [3.8, 4) is 5.75 Å². The number of thioether (sulfide) groups is 1. The molecule has 92 valence electrons. The van der Waals surface area contributed by atoms with E-state index in [2.05, 4.69) is 24.3 Å². The van der Waals surface area contributed by atoms with Crippen molar-refractivity contribution in [3.63, 3.8) is 0 Å². The molecule has 0 bridgehead atoms. The van der Waals surface area contributed by atoms with Gasteiger partial charge in [0.15, 0.2) is 0 Å². The van der Waals surface area contributed by atoms with E-state index >= 15 is 0 Å². The standard InChI is InChI=1S/C15H15NOS/c16-12-5-7-13(8-6-12)17-10-14-9-11-3-1-2-4-15(11)18-14/h1-8,14H,9-10,16H2. The predicted octanol–water partition coefficient (Wildman–Crippen LogP) is 3.36. The Morgan fingerprint density at radius 1 is 1.11 bits per heavy atom. The lowest BCUT2D eigenvalue weighted by Crippen LogP contribution is -2.13. The van der Waals surface area contributed by atoms with E-state index < -0.39 is 0 Å². The maximum atomic E-state index is 5.80. The first kappa shape index (κ1) is 11.5. The maximum Gasteiger partial charge on any atom is 0.119 e. The van der Waals surface area contributed by atoms with Gasteiger partial charge >= 0.3 is 0 Å². The predicted molar refractivity (Wildman–Crippen MR) is 76.1 cm³/mol. The molecule has 0 radical (unpaired) electrons. The number of hydrogen-bond donors (Lipinski definition) is 1. The summed E-state index contributed by atoms with van der Waals surface area (Å²) in [5.41, 5.74) is 7.85. The van der Waals surface area contributed by atoms with Crippen LogP contribution in [0.25, 0.3) is 0 Å². The number of rotatable bonds is 3. The Bertz CT molecular complexity index is 513. The Balaban J connectivity index is 1.58. The number of hydrogen-bond acceptors (Lipinski definition) is 3. The minimum Gasteiger partial charge on any atom is -0.492 e. The summed E-state index contributed by atoms with van der Waals surface area (Å²) >= 11 is 1.91. The van der Waals surface area contributed by atoms with Crippen molar-refractivity contribution in [3.05, 3.63) is 54.1 Å². The zero-order valence-corrected chi connectivity index (χ0v) is 10.8. The number of benzene rings is 2. The molecule has 0 spiro atoms. The molecule has 1 atom stereocenters. The van der Waals surface area contributed by atoms with Crippen LogP contribution in [0.4, 0.5) is 5.69 Å². The third kappa shape index (κ3) is 2.46. The molecule has 0 saturated carbocycles. The molecule has 0 aliphatic carbocycles. The quantitative estimate of drug-likeness (QED) is 0.856. The van der Waals surface area contributed by atoms with Crippen molar-refractivity contribution >= 4 is 17.4 Å². The summed E-state index contributed by atoms with van der Waals surface area (Å²) in [6, 6.07) is 16.1. The van der Waals surface area contributed by atoms with Gasteiger partial charge in [0.25, 0.3) is 0 Å². The SMILES string of the molecule is Nc1ccc(OCC2Cc3ccccc3S2)cc1. The Hall–Kier alpha value is -1.61. The first-order valence-electron chi connectivity index (χ1n) is 6.04. The average Bonchev–Trinajstić information content (AvgIpc) is 2.81. The fourth-order valence-corrected chi connectivity index (χ4v) is 3.32. The van der Waals surface area contributed by atoms with Gasteiger partial charge in [-0.05, 0) is 42.3 Å². The molecule has 2 aromatic carbocycles. The van der Waals surface area contributed by atoms with E-state index in [1.807, 2.05) is 36.0 Å². The van der Waals surface area contributed by atoms with Crippen molar-refractivity contribution < 1.29 is 4.74 Å². The van der Waals surface area contributed by atoms with Gasteiger partial charge in [0.1, 0.15) is 12.4 Å². The molecule has 1 heterocycles. The molecule has 0 aromatic heterocycles. The molecule has 2 nitrogen and oxygen atoms in total. The first-order chi connectivity index (χ1) is 8.81. The summed E-state index contributed by atoms with van der Waals surface area (Å²) in [6.07, 6.45) is 1.09. The van der Waals surface area contributed by atoms with Crippen molar-refractivity contribution in [2.75, 3.05) is 12.3 Å². The fourth-order valence-electron chi connectivity index (χ4n) is 2.10. The molecule has 1 unspecified atom stereocenters. The third-order valence-electron chi connectivity index (χ3n) is 3.03. The summed E-state index contributed by atoms with van der Waals surface area (Å²) < 4.78 is 5.80. The van der Waals surface area contributed by atoms with Crippen molar-refractivity contribution in [2.24, 2.45) is 0 Å². The van der Waals surface area contributed by atoms with Gasteiger partial charge in [0.2, 0.25) is 0 Å². The monoisotopic (exact) mass is 257 g/mol. The molecule has 2 N–H and O–H groups in total. The minimum absolute atomic E-state index is 0.514. The summed E-state index contributed by atoms with van der Waals surface area (Å²) in [5, 5.41) is 0.514. The molecule has 0 fully saturated rings. The molecule has 0 saturated heterocycles. The maximum absolute atomic E-state index is 5.80. The van der Waals surface area contributed by atoms with E-state index in [1.165, 1.54) is 10.5 Å². The van der Waals surface area contributed by atoms with E-state index in [1.54, 1.807) is 0 Å². The van der Waals surface area contributed by atoms with Crippen LogP contribution in [0.15, 0.2) is 53.4 Å². The number of nitrogen functional groups attached to an aromatic ring is 1. The van der Waals surface area contributed by atoms with Gasteiger partial charge in [-0.25, -0.2) is 0 Å². The van der Waals surface area contributed by atoms with E-state index in [4.69, 9.17) is 10.5 Å². The van der Waals surface area contributed by atoms with Gasteiger partial charge in [-0.2, -0.15) is 0 Å². The summed E-state index contributed by atoms with van der Waals surface area (Å²) in [6.45, 7) is 0.739. The van der Waals surface area contributed by atoms with E-state index in [0.29, 0.717) is 5.25 Å². The van der Waals surface area contributed by atoms with Crippen LogP contribution in [0.3, 0.4) is 0 Å². The first-order valence-corrected chi connectivity index (χ1v) is 6.92. The van der Waals surface area contributed by atoms with Gasteiger partial charge in [-0.1, -0.05) is 18.2 Å². The van der Waals surface area contributed by atoms with Gasteiger partial charge < -0.3 is 10.5 Å². The normalized spacial score (nSPS) is 17.4.